The van der Waals surface area contributed by atoms with Gasteiger partial charge in [0.1, 0.15) is 0 Å². The summed E-state index contributed by atoms with van der Waals surface area (Å²) in [5.74, 6) is -2.76. The lowest BCUT2D eigenvalue weighted by molar-refractivity contribution is 0.102. The Morgan fingerprint density at radius 1 is 1.05 bits per heavy atom. The summed E-state index contributed by atoms with van der Waals surface area (Å²) in [4.78, 5) is 12.0. The van der Waals surface area contributed by atoms with E-state index in [0.717, 1.165) is 23.3 Å². The van der Waals surface area contributed by atoms with Crippen LogP contribution in [0.4, 0.5) is 20.2 Å². The summed E-state index contributed by atoms with van der Waals surface area (Å²) < 4.78 is 26.1. The number of aryl methyl sites for hydroxylation is 2. The van der Waals surface area contributed by atoms with Crippen LogP contribution < -0.4 is 11.1 Å². The third kappa shape index (κ3) is 2.77. The first-order valence-electron chi connectivity index (χ1n) is 6.01. The van der Waals surface area contributed by atoms with Crippen LogP contribution in [0.1, 0.15) is 21.5 Å². The molecule has 0 unspecified atom stereocenters. The molecule has 1 amide bonds. The molecule has 0 aliphatic heterocycles. The Hall–Kier alpha value is -2.43. The smallest absolute Gasteiger partial charge is 0.257 e. The molecular weight excluding hydrogens is 262 g/mol. The molecule has 2 rings (SSSR count). The molecule has 2 aromatic rings. The van der Waals surface area contributed by atoms with E-state index in [1.54, 1.807) is 12.1 Å². The van der Waals surface area contributed by atoms with Gasteiger partial charge in [-0.2, -0.15) is 0 Å². The lowest BCUT2D eigenvalue weighted by Gasteiger charge is -2.09. The number of carbonyl (C=O) groups excluding carboxylic acids is 1. The SMILES string of the molecule is Cc1ccc(NC(=O)c2cc(F)c(F)cc2N)cc1C. The van der Waals surface area contributed by atoms with E-state index in [9.17, 15) is 13.6 Å². The van der Waals surface area contributed by atoms with E-state index < -0.39 is 17.5 Å². The number of rotatable bonds is 2. The number of halogens is 2. The zero-order valence-corrected chi connectivity index (χ0v) is 11.1. The van der Waals surface area contributed by atoms with Crippen molar-refractivity contribution in [1.82, 2.24) is 0 Å². The van der Waals surface area contributed by atoms with Gasteiger partial charge < -0.3 is 11.1 Å². The van der Waals surface area contributed by atoms with E-state index in [0.29, 0.717) is 5.69 Å². The number of hydrogen-bond donors (Lipinski definition) is 2. The standard InChI is InChI=1S/C15H14F2N2O/c1-8-3-4-10(5-9(8)2)19-15(20)11-6-12(16)13(17)7-14(11)18/h3-7H,18H2,1-2H3,(H,19,20). The van der Waals surface area contributed by atoms with Crippen LogP contribution in [0.3, 0.4) is 0 Å². The summed E-state index contributed by atoms with van der Waals surface area (Å²) in [6.45, 7) is 3.87. The fraction of sp³-hybridized carbons (Fsp3) is 0.133. The summed E-state index contributed by atoms with van der Waals surface area (Å²) in [5.41, 5.74) is 8.01. The number of nitrogen functional groups attached to an aromatic ring is 1. The molecule has 0 aromatic heterocycles. The molecule has 0 aliphatic carbocycles. The molecule has 3 N–H and O–H groups in total. The first-order valence-corrected chi connectivity index (χ1v) is 6.01. The zero-order valence-electron chi connectivity index (χ0n) is 11.1. The number of hydrogen-bond acceptors (Lipinski definition) is 2. The van der Waals surface area contributed by atoms with E-state index in [-0.39, 0.29) is 11.3 Å². The third-order valence-electron chi connectivity index (χ3n) is 3.10. The summed E-state index contributed by atoms with van der Waals surface area (Å²) >= 11 is 0. The Balaban J connectivity index is 2.28. The van der Waals surface area contributed by atoms with Crippen LogP contribution >= 0.6 is 0 Å². The molecule has 3 nitrogen and oxygen atoms in total. The van der Waals surface area contributed by atoms with E-state index in [1.165, 1.54) is 0 Å². The van der Waals surface area contributed by atoms with Gasteiger partial charge in [0.25, 0.3) is 5.91 Å². The monoisotopic (exact) mass is 276 g/mol. The van der Waals surface area contributed by atoms with Gasteiger partial charge in [-0.05, 0) is 43.2 Å². The van der Waals surface area contributed by atoms with Crippen molar-refractivity contribution in [3.05, 3.63) is 58.7 Å². The molecular formula is C15H14F2N2O. The lowest BCUT2D eigenvalue weighted by Crippen LogP contribution is -2.15. The average Bonchev–Trinajstić information content (AvgIpc) is 2.38. The van der Waals surface area contributed by atoms with Gasteiger partial charge in [-0.1, -0.05) is 6.07 Å². The number of nitrogens with two attached hydrogens (primary N) is 1. The number of benzene rings is 2. The minimum absolute atomic E-state index is 0.0953. The molecule has 0 saturated heterocycles. The van der Waals surface area contributed by atoms with Crippen molar-refractivity contribution in [3.63, 3.8) is 0 Å². The van der Waals surface area contributed by atoms with Crippen LogP contribution in [-0.2, 0) is 0 Å². The largest absolute Gasteiger partial charge is 0.398 e. The molecule has 0 radical (unpaired) electrons. The number of anilines is 2. The van der Waals surface area contributed by atoms with E-state index in [1.807, 2.05) is 19.9 Å². The summed E-state index contributed by atoms with van der Waals surface area (Å²) in [6, 6.07) is 6.98. The first-order chi connectivity index (χ1) is 9.38. The highest BCUT2D eigenvalue weighted by molar-refractivity contribution is 6.07. The van der Waals surface area contributed by atoms with Gasteiger partial charge in [0.05, 0.1) is 5.56 Å². The van der Waals surface area contributed by atoms with Crippen LogP contribution in [0.5, 0.6) is 0 Å². The normalized spacial score (nSPS) is 10.4. The Bertz CT molecular complexity index is 684. The molecule has 5 heteroatoms. The van der Waals surface area contributed by atoms with Crippen molar-refractivity contribution in [2.45, 2.75) is 13.8 Å². The molecule has 0 saturated carbocycles. The predicted octanol–water partition coefficient (Wildman–Crippen LogP) is 3.42. The maximum Gasteiger partial charge on any atom is 0.257 e. The highest BCUT2D eigenvalue weighted by Gasteiger charge is 2.14. The molecule has 0 bridgehead atoms. The fourth-order valence-corrected chi connectivity index (χ4v) is 1.78. The summed E-state index contributed by atoms with van der Waals surface area (Å²) in [7, 11) is 0. The van der Waals surface area contributed by atoms with E-state index in [2.05, 4.69) is 5.32 Å². The summed E-state index contributed by atoms with van der Waals surface area (Å²) in [6.07, 6.45) is 0. The highest BCUT2D eigenvalue weighted by Crippen LogP contribution is 2.20. The molecule has 0 atom stereocenters. The maximum absolute atomic E-state index is 13.2. The predicted molar refractivity (Wildman–Crippen MR) is 74.6 cm³/mol. The number of nitrogens with one attached hydrogen (secondary N) is 1. The Morgan fingerprint density at radius 2 is 1.70 bits per heavy atom. The molecule has 0 fully saturated rings. The van der Waals surface area contributed by atoms with Gasteiger partial charge in [0, 0.05) is 17.4 Å². The molecule has 20 heavy (non-hydrogen) atoms. The second-order valence-corrected chi connectivity index (χ2v) is 4.61. The van der Waals surface area contributed by atoms with Crippen LogP contribution in [0, 0.1) is 25.5 Å². The second-order valence-electron chi connectivity index (χ2n) is 4.61. The average molecular weight is 276 g/mol. The topological polar surface area (TPSA) is 55.1 Å². The maximum atomic E-state index is 13.2. The minimum atomic E-state index is -1.11. The fourth-order valence-electron chi connectivity index (χ4n) is 1.78. The number of carbonyl (C=O) groups is 1. The Labute approximate surface area is 115 Å². The van der Waals surface area contributed by atoms with Crippen molar-refractivity contribution >= 4 is 17.3 Å². The van der Waals surface area contributed by atoms with Gasteiger partial charge in [-0.3, -0.25) is 4.79 Å². The lowest BCUT2D eigenvalue weighted by atomic mass is 10.1. The highest BCUT2D eigenvalue weighted by atomic mass is 19.2. The molecule has 0 aliphatic rings. The number of amides is 1. The molecule has 0 heterocycles. The zero-order chi connectivity index (χ0) is 14.9. The van der Waals surface area contributed by atoms with Crippen molar-refractivity contribution in [2.75, 3.05) is 11.1 Å². The van der Waals surface area contributed by atoms with E-state index >= 15 is 0 Å². The van der Waals surface area contributed by atoms with Crippen molar-refractivity contribution in [3.8, 4) is 0 Å². The molecule has 2 aromatic carbocycles. The van der Waals surface area contributed by atoms with Crippen LogP contribution in [0.25, 0.3) is 0 Å². The third-order valence-corrected chi connectivity index (χ3v) is 3.10. The molecule has 104 valence electrons. The van der Waals surface area contributed by atoms with Gasteiger partial charge in [-0.15, -0.1) is 0 Å². The van der Waals surface area contributed by atoms with Crippen molar-refractivity contribution in [2.24, 2.45) is 0 Å². The summed E-state index contributed by atoms with van der Waals surface area (Å²) in [5, 5.41) is 2.61. The minimum Gasteiger partial charge on any atom is -0.398 e. The van der Waals surface area contributed by atoms with Crippen molar-refractivity contribution < 1.29 is 13.6 Å². The van der Waals surface area contributed by atoms with Gasteiger partial charge in [0.2, 0.25) is 0 Å². The van der Waals surface area contributed by atoms with Gasteiger partial charge >= 0.3 is 0 Å². The van der Waals surface area contributed by atoms with Crippen LogP contribution in [0.15, 0.2) is 30.3 Å². The van der Waals surface area contributed by atoms with Gasteiger partial charge in [-0.25, -0.2) is 8.78 Å². The Morgan fingerprint density at radius 3 is 2.35 bits per heavy atom. The Kier molecular flexibility index (Phi) is 3.70. The quantitative estimate of drug-likeness (QED) is 0.826. The van der Waals surface area contributed by atoms with Crippen molar-refractivity contribution in [1.29, 1.82) is 0 Å². The van der Waals surface area contributed by atoms with Crippen LogP contribution in [-0.4, -0.2) is 5.91 Å². The van der Waals surface area contributed by atoms with E-state index in [4.69, 9.17) is 5.73 Å². The second kappa shape index (κ2) is 5.28. The molecule has 0 spiro atoms. The van der Waals surface area contributed by atoms with Gasteiger partial charge in [0.15, 0.2) is 11.6 Å². The van der Waals surface area contributed by atoms with Crippen LogP contribution in [0.2, 0.25) is 0 Å². The first kappa shape index (κ1) is 14.0.